The Morgan fingerprint density at radius 1 is 1.16 bits per heavy atom. The number of ether oxygens (including phenoxy) is 1. The zero-order valence-electron chi connectivity index (χ0n) is 24.6. The lowest BCUT2D eigenvalue weighted by molar-refractivity contribution is -0.156. The van der Waals surface area contributed by atoms with Crippen molar-refractivity contribution in [3.63, 3.8) is 0 Å². The van der Waals surface area contributed by atoms with Crippen molar-refractivity contribution in [1.82, 2.24) is 4.98 Å². The fourth-order valence-electron chi connectivity index (χ4n) is 5.42. The summed E-state index contributed by atoms with van der Waals surface area (Å²) in [6, 6.07) is 12.5. The molecule has 0 radical (unpaired) electrons. The van der Waals surface area contributed by atoms with Gasteiger partial charge < -0.3 is 18.9 Å². The van der Waals surface area contributed by atoms with Crippen molar-refractivity contribution in [1.29, 1.82) is 0 Å². The van der Waals surface area contributed by atoms with Crippen LogP contribution in [0.25, 0.3) is 28.1 Å². The summed E-state index contributed by atoms with van der Waals surface area (Å²) in [7, 11) is -3.16. The molecule has 0 amide bonds. The van der Waals surface area contributed by atoms with Crippen LogP contribution in [-0.4, -0.2) is 47.6 Å². The molecular formula is C34H37FNO6P. The highest BCUT2D eigenvalue weighted by Gasteiger charge is 2.31. The number of aliphatic hydroxyl groups is 1. The van der Waals surface area contributed by atoms with Crippen LogP contribution in [0.2, 0.25) is 0 Å². The second-order valence-electron chi connectivity index (χ2n) is 10.8. The lowest BCUT2D eigenvalue weighted by Gasteiger charge is -2.24. The Balaban J connectivity index is 1.54. The van der Waals surface area contributed by atoms with E-state index in [-0.39, 0.29) is 12.6 Å². The summed E-state index contributed by atoms with van der Waals surface area (Å²) in [6.45, 7) is 4.17. The smallest absolute Gasteiger partial charge is 0.330 e. The second kappa shape index (κ2) is 14.0. The van der Waals surface area contributed by atoms with Crippen molar-refractivity contribution in [2.75, 3.05) is 19.4 Å². The van der Waals surface area contributed by atoms with Crippen LogP contribution in [0.4, 0.5) is 4.39 Å². The molecule has 43 heavy (non-hydrogen) atoms. The monoisotopic (exact) mass is 605 g/mol. The van der Waals surface area contributed by atoms with Gasteiger partial charge in [0.1, 0.15) is 11.9 Å². The summed E-state index contributed by atoms with van der Waals surface area (Å²) >= 11 is 0. The molecule has 0 bridgehead atoms. The minimum absolute atomic E-state index is 0.00708. The highest BCUT2D eigenvalue weighted by Crippen LogP contribution is 2.49. The van der Waals surface area contributed by atoms with Crippen LogP contribution in [0.15, 0.2) is 48.5 Å². The summed E-state index contributed by atoms with van der Waals surface area (Å²) in [4.78, 5) is 17.0. The Hall–Kier alpha value is -3.34. The molecular weight excluding hydrogens is 568 g/mol. The molecule has 1 aromatic heterocycles. The number of fused-ring (bicyclic) bond motifs is 1. The predicted octanol–water partition coefficient (Wildman–Crippen LogP) is 7.40. The van der Waals surface area contributed by atoms with Crippen molar-refractivity contribution in [3.05, 3.63) is 71.2 Å². The first-order chi connectivity index (χ1) is 20.8. The Morgan fingerprint density at radius 3 is 2.65 bits per heavy atom. The maximum absolute atomic E-state index is 14.6. The molecule has 1 aliphatic carbocycles. The number of cyclic esters (lactones) is 1. The standard InChI is InChI=1S/C34H37FNO6P/c1-3-40-43(39,41-4-2)19-9-5-6-10-24-20-25(35)15-17-28(24)33-29-11-7-8-12-31(29)36-34(23-13-14-23)30(33)18-16-27-21-26(37)22-32(38)42-27/h7-8,11-12,15-18,20,23,26-27,37H,3-5,9,13-14,19,21-22H2,1-2H3/t26-,27-/m1/s1. The summed E-state index contributed by atoms with van der Waals surface area (Å²) in [5.74, 6) is 5.78. The van der Waals surface area contributed by atoms with Crippen LogP contribution in [0, 0.1) is 17.7 Å². The molecule has 226 valence electrons. The van der Waals surface area contributed by atoms with Crippen LogP contribution in [0.5, 0.6) is 0 Å². The van der Waals surface area contributed by atoms with Gasteiger partial charge in [-0.3, -0.25) is 14.3 Å². The molecule has 3 aromatic rings. The van der Waals surface area contributed by atoms with E-state index in [1.165, 1.54) is 12.1 Å². The summed E-state index contributed by atoms with van der Waals surface area (Å²) in [5, 5.41) is 11.0. The van der Waals surface area contributed by atoms with Gasteiger partial charge in [0.25, 0.3) is 0 Å². The number of nitrogens with zero attached hydrogens (tertiary/aromatic N) is 1. The summed E-state index contributed by atoms with van der Waals surface area (Å²) < 4.78 is 43.7. The molecule has 2 aliphatic rings. The van der Waals surface area contributed by atoms with E-state index in [2.05, 4.69) is 11.8 Å². The van der Waals surface area contributed by atoms with Crippen LogP contribution in [0.1, 0.15) is 75.1 Å². The van der Waals surface area contributed by atoms with Gasteiger partial charge in [0, 0.05) is 40.8 Å². The van der Waals surface area contributed by atoms with E-state index in [9.17, 15) is 18.9 Å². The number of hydrogen-bond acceptors (Lipinski definition) is 7. The van der Waals surface area contributed by atoms with Crippen molar-refractivity contribution >= 4 is 30.5 Å². The number of aromatic nitrogens is 1. The molecule has 1 aliphatic heterocycles. The predicted molar refractivity (Wildman–Crippen MR) is 165 cm³/mol. The first kappa shape index (κ1) is 31.1. The quantitative estimate of drug-likeness (QED) is 0.105. The average molecular weight is 606 g/mol. The minimum Gasteiger partial charge on any atom is -0.458 e. The first-order valence-electron chi connectivity index (χ1n) is 15.0. The third-order valence-electron chi connectivity index (χ3n) is 7.45. The number of pyridine rings is 1. The number of aliphatic hydroxyl groups excluding tert-OH is 1. The number of carbonyl (C=O) groups is 1. The van der Waals surface area contributed by atoms with Gasteiger partial charge in [-0.25, -0.2) is 4.39 Å². The Kier molecular flexibility index (Phi) is 10.1. The number of rotatable bonds is 11. The van der Waals surface area contributed by atoms with Crippen molar-refractivity contribution < 1.29 is 32.6 Å². The number of unbranched alkanes of at least 4 members (excludes halogenated alkanes) is 1. The van der Waals surface area contributed by atoms with E-state index in [1.807, 2.05) is 36.4 Å². The zero-order valence-corrected chi connectivity index (χ0v) is 25.4. The molecule has 9 heteroatoms. The summed E-state index contributed by atoms with van der Waals surface area (Å²) in [6.07, 6.45) is 6.00. The van der Waals surface area contributed by atoms with E-state index >= 15 is 0 Å². The molecule has 7 nitrogen and oxygen atoms in total. The van der Waals surface area contributed by atoms with Crippen LogP contribution in [0.3, 0.4) is 0 Å². The number of carbonyl (C=O) groups excluding carboxylic acids is 1. The van der Waals surface area contributed by atoms with Gasteiger partial charge in [0.15, 0.2) is 0 Å². The van der Waals surface area contributed by atoms with E-state index in [1.54, 1.807) is 19.9 Å². The number of halogens is 1. The van der Waals surface area contributed by atoms with Crippen molar-refractivity contribution in [3.8, 4) is 23.0 Å². The van der Waals surface area contributed by atoms with E-state index in [0.29, 0.717) is 44.0 Å². The summed E-state index contributed by atoms with van der Waals surface area (Å²) in [5.41, 5.74) is 4.84. The van der Waals surface area contributed by atoms with Gasteiger partial charge in [-0.1, -0.05) is 42.2 Å². The Morgan fingerprint density at radius 2 is 1.93 bits per heavy atom. The molecule has 1 saturated heterocycles. The minimum atomic E-state index is -3.16. The molecule has 0 unspecified atom stereocenters. The molecule has 0 spiro atoms. The number of benzene rings is 2. The highest BCUT2D eigenvalue weighted by molar-refractivity contribution is 7.53. The first-order valence-corrected chi connectivity index (χ1v) is 16.7. The average Bonchev–Trinajstić information content (AvgIpc) is 3.81. The topological polar surface area (TPSA) is 95.0 Å². The SMILES string of the molecule is CCOP(=O)(CCCC#Cc1cc(F)ccc1-c1c(C=C[C@@H]2C[C@@H](O)CC(=O)O2)c(C2CC2)nc2ccccc12)OCC. The van der Waals surface area contributed by atoms with Gasteiger partial charge in [0.2, 0.25) is 0 Å². The number of hydrogen-bond donors (Lipinski definition) is 1. The fourth-order valence-corrected chi connectivity index (χ4v) is 7.08. The molecule has 2 fully saturated rings. The van der Waals surface area contributed by atoms with Crippen LogP contribution >= 0.6 is 7.60 Å². The van der Waals surface area contributed by atoms with Crippen LogP contribution < -0.4 is 0 Å². The van der Waals surface area contributed by atoms with Crippen molar-refractivity contribution in [2.24, 2.45) is 0 Å². The van der Waals surface area contributed by atoms with Gasteiger partial charge in [-0.2, -0.15) is 0 Å². The molecule has 2 aromatic carbocycles. The maximum atomic E-state index is 14.6. The van der Waals surface area contributed by atoms with Crippen LogP contribution in [-0.2, 0) is 23.1 Å². The molecule has 2 heterocycles. The van der Waals surface area contributed by atoms with E-state index < -0.39 is 31.6 Å². The third kappa shape index (κ3) is 7.79. The Bertz CT molecular complexity index is 1610. The lowest BCUT2D eigenvalue weighted by Crippen LogP contribution is -2.31. The number of para-hydroxylation sites is 1. The molecule has 2 atom stereocenters. The van der Waals surface area contributed by atoms with Gasteiger partial charge in [0.05, 0.1) is 43.1 Å². The zero-order chi connectivity index (χ0) is 30.4. The lowest BCUT2D eigenvalue weighted by atomic mass is 9.89. The third-order valence-corrected chi connectivity index (χ3v) is 9.62. The van der Waals surface area contributed by atoms with Gasteiger partial charge in [-0.05, 0) is 62.9 Å². The Labute approximate surface area is 252 Å². The van der Waals surface area contributed by atoms with E-state index in [4.69, 9.17) is 18.8 Å². The van der Waals surface area contributed by atoms with Gasteiger partial charge in [-0.15, -0.1) is 0 Å². The normalized spacial score (nSPS) is 18.9. The van der Waals surface area contributed by atoms with E-state index in [0.717, 1.165) is 46.1 Å². The second-order valence-corrected chi connectivity index (χ2v) is 13.0. The molecule has 1 saturated carbocycles. The maximum Gasteiger partial charge on any atom is 0.330 e. The molecule has 5 rings (SSSR count). The van der Waals surface area contributed by atoms with Gasteiger partial charge >= 0.3 is 13.6 Å². The highest BCUT2D eigenvalue weighted by atomic mass is 31.2. The largest absolute Gasteiger partial charge is 0.458 e. The van der Waals surface area contributed by atoms with Crippen molar-refractivity contribution in [2.45, 2.75) is 70.5 Å². The fraction of sp³-hybridized carbons (Fsp3) is 0.412. The number of esters is 1. The molecule has 1 N–H and O–H groups in total.